The molecule has 1 unspecified atom stereocenters. The van der Waals surface area contributed by atoms with Gasteiger partial charge in [0.15, 0.2) is 0 Å². The Labute approximate surface area is 208 Å². The third-order valence-electron chi connectivity index (χ3n) is 4.85. The maximum absolute atomic E-state index is 15.2. The van der Waals surface area contributed by atoms with Gasteiger partial charge in [0.1, 0.15) is 12.5 Å². The second-order valence-corrected chi connectivity index (χ2v) is 9.09. The van der Waals surface area contributed by atoms with E-state index in [-0.39, 0.29) is 18.0 Å². The van der Waals surface area contributed by atoms with Crippen molar-refractivity contribution < 1.29 is 41.0 Å². The minimum Gasteiger partial charge on any atom is -0.466 e. The standard InChI is InChI=1S/C22H24ClF5N2O4S/c1-10(2)34-21(32)17-14(9-35-7-6-29)30-13(8-24)16(20(31)33-3)18(17)15-12(25)5-4-11(23)19(15)22(26,27)28/h4-5,10,18,30H,6-9,29H2,1-3H3. The smallest absolute Gasteiger partial charge is 0.418 e. The molecule has 1 aromatic carbocycles. The number of carbonyl (C=O) groups is 2. The highest BCUT2D eigenvalue weighted by molar-refractivity contribution is 7.99. The van der Waals surface area contributed by atoms with Gasteiger partial charge in [-0.1, -0.05) is 11.6 Å². The molecule has 0 saturated heterocycles. The van der Waals surface area contributed by atoms with Crippen molar-refractivity contribution in [2.24, 2.45) is 5.73 Å². The second kappa shape index (κ2) is 12.1. The van der Waals surface area contributed by atoms with Crippen LogP contribution in [-0.2, 0) is 25.2 Å². The summed E-state index contributed by atoms with van der Waals surface area (Å²) in [6.07, 6.45) is -5.90. The highest BCUT2D eigenvalue weighted by Crippen LogP contribution is 2.48. The summed E-state index contributed by atoms with van der Waals surface area (Å²) in [5.41, 5.74) is 1.05. The summed E-state index contributed by atoms with van der Waals surface area (Å²) in [5.74, 6) is -5.46. The maximum Gasteiger partial charge on any atom is 0.418 e. The second-order valence-electron chi connectivity index (χ2n) is 7.58. The molecule has 1 aliphatic heterocycles. The summed E-state index contributed by atoms with van der Waals surface area (Å²) in [6, 6.07) is 1.38. The maximum atomic E-state index is 15.2. The van der Waals surface area contributed by atoms with Gasteiger partial charge in [0.25, 0.3) is 0 Å². The van der Waals surface area contributed by atoms with Crippen LogP contribution in [0.1, 0.15) is 30.9 Å². The quantitative estimate of drug-likeness (QED) is 0.270. The summed E-state index contributed by atoms with van der Waals surface area (Å²) in [6.45, 7) is 1.89. The van der Waals surface area contributed by atoms with Gasteiger partial charge in [-0.3, -0.25) is 0 Å². The lowest BCUT2D eigenvalue weighted by Crippen LogP contribution is -2.37. The van der Waals surface area contributed by atoms with E-state index in [2.05, 4.69) is 10.1 Å². The molecule has 13 heteroatoms. The topological polar surface area (TPSA) is 90.6 Å². The molecule has 194 valence electrons. The molecule has 6 nitrogen and oxygen atoms in total. The monoisotopic (exact) mass is 542 g/mol. The molecule has 0 aliphatic carbocycles. The molecule has 1 aliphatic rings. The molecular formula is C22H24ClF5N2O4S. The highest BCUT2D eigenvalue weighted by atomic mass is 35.5. The van der Waals surface area contributed by atoms with Crippen LogP contribution in [0.3, 0.4) is 0 Å². The first kappa shape index (κ1) is 28.9. The zero-order chi connectivity index (χ0) is 26.5. The van der Waals surface area contributed by atoms with Gasteiger partial charge in [0.2, 0.25) is 0 Å². The number of benzene rings is 1. The van der Waals surface area contributed by atoms with Crippen LogP contribution < -0.4 is 11.1 Å². The van der Waals surface area contributed by atoms with Gasteiger partial charge < -0.3 is 20.5 Å². The van der Waals surface area contributed by atoms with Crippen molar-refractivity contribution in [1.82, 2.24) is 5.32 Å². The molecular weight excluding hydrogens is 519 g/mol. The van der Waals surface area contributed by atoms with Crippen LogP contribution in [0.15, 0.2) is 34.7 Å². The van der Waals surface area contributed by atoms with E-state index in [0.717, 1.165) is 7.11 Å². The van der Waals surface area contributed by atoms with Crippen molar-refractivity contribution in [2.75, 3.05) is 31.8 Å². The molecule has 0 saturated carbocycles. The number of thioether (sulfide) groups is 1. The largest absolute Gasteiger partial charge is 0.466 e. The Kier molecular flexibility index (Phi) is 9.99. The number of nitrogens with two attached hydrogens (primary N) is 1. The summed E-state index contributed by atoms with van der Waals surface area (Å²) in [5, 5.41) is 1.74. The molecule has 0 bridgehead atoms. The van der Waals surface area contributed by atoms with Gasteiger partial charge >= 0.3 is 18.1 Å². The minimum absolute atomic E-state index is 0.0439. The number of dihydropyridines is 1. The van der Waals surface area contributed by atoms with Crippen LogP contribution in [0, 0.1) is 5.82 Å². The average molecular weight is 543 g/mol. The van der Waals surface area contributed by atoms with Crippen molar-refractivity contribution in [2.45, 2.75) is 32.0 Å². The number of hydrogen-bond acceptors (Lipinski definition) is 7. The highest BCUT2D eigenvalue weighted by Gasteiger charge is 2.47. The third kappa shape index (κ3) is 6.47. The lowest BCUT2D eigenvalue weighted by Gasteiger charge is -2.33. The van der Waals surface area contributed by atoms with Crippen molar-refractivity contribution in [3.8, 4) is 0 Å². The first-order chi connectivity index (χ1) is 16.4. The van der Waals surface area contributed by atoms with Crippen molar-refractivity contribution in [3.63, 3.8) is 0 Å². The van der Waals surface area contributed by atoms with E-state index < -0.39 is 75.6 Å². The summed E-state index contributed by atoms with van der Waals surface area (Å²) in [4.78, 5) is 25.9. The van der Waals surface area contributed by atoms with Crippen molar-refractivity contribution in [1.29, 1.82) is 0 Å². The number of halogens is 6. The van der Waals surface area contributed by atoms with E-state index in [0.29, 0.717) is 17.9 Å². The molecule has 0 radical (unpaired) electrons. The summed E-state index contributed by atoms with van der Waals surface area (Å²) in [7, 11) is 0.920. The SMILES string of the molecule is COC(=O)C1=C(CF)NC(CSCCN)=C(C(=O)OC(C)C)C1c1c(F)ccc(Cl)c1C(F)(F)F. The number of nitrogens with one attached hydrogen (secondary N) is 1. The number of hydrogen-bond donors (Lipinski definition) is 2. The summed E-state index contributed by atoms with van der Waals surface area (Å²) < 4.78 is 81.5. The number of esters is 2. The normalized spacial score (nSPS) is 16.5. The average Bonchev–Trinajstić information content (AvgIpc) is 2.77. The fraction of sp³-hybridized carbons (Fsp3) is 0.455. The van der Waals surface area contributed by atoms with Gasteiger partial charge in [0, 0.05) is 29.3 Å². The Morgan fingerprint density at radius 1 is 1.20 bits per heavy atom. The Morgan fingerprint density at radius 3 is 2.34 bits per heavy atom. The fourth-order valence-electron chi connectivity index (χ4n) is 3.58. The van der Waals surface area contributed by atoms with Gasteiger partial charge in [-0.25, -0.2) is 18.4 Å². The number of carbonyl (C=O) groups excluding carboxylic acids is 2. The van der Waals surface area contributed by atoms with E-state index in [4.69, 9.17) is 22.1 Å². The predicted molar refractivity (Wildman–Crippen MR) is 122 cm³/mol. The Balaban J connectivity index is 3.00. The van der Waals surface area contributed by atoms with Gasteiger partial charge in [0.05, 0.1) is 46.6 Å². The first-order valence-corrected chi connectivity index (χ1v) is 11.8. The molecule has 0 amide bonds. The Hall–Kier alpha value is -2.31. The van der Waals surface area contributed by atoms with Crippen molar-refractivity contribution >= 4 is 35.3 Å². The van der Waals surface area contributed by atoms with E-state index in [1.807, 2.05) is 0 Å². The van der Waals surface area contributed by atoms with Gasteiger partial charge in [-0.2, -0.15) is 24.9 Å². The molecule has 0 spiro atoms. The molecule has 3 N–H and O–H groups in total. The summed E-state index contributed by atoms with van der Waals surface area (Å²) >= 11 is 7.01. The number of rotatable bonds is 9. The number of ether oxygens (including phenoxy) is 2. The van der Waals surface area contributed by atoms with Gasteiger partial charge in [-0.05, 0) is 26.0 Å². The fourth-order valence-corrected chi connectivity index (χ4v) is 4.60. The number of alkyl halides is 4. The van der Waals surface area contributed by atoms with Crippen LogP contribution in [0.4, 0.5) is 22.0 Å². The van der Waals surface area contributed by atoms with Crippen molar-refractivity contribution in [3.05, 3.63) is 56.6 Å². The van der Waals surface area contributed by atoms with Crippen LogP contribution in [0.2, 0.25) is 5.02 Å². The molecule has 1 atom stereocenters. The van der Waals surface area contributed by atoms with Crippen LogP contribution in [0.5, 0.6) is 0 Å². The zero-order valence-electron chi connectivity index (χ0n) is 19.0. The van der Waals surface area contributed by atoms with E-state index >= 15 is 4.39 Å². The third-order valence-corrected chi connectivity index (χ3v) is 6.19. The minimum atomic E-state index is -5.18. The molecule has 0 fully saturated rings. The number of methoxy groups -OCH3 is 1. The van der Waals surface area contributed by atoms with E-state index in [1.165, 1.54) is 25.6 Å². The first-order valence-electron chi connectivity index (χ1n) is 10.3. The molecule has 0 aromatic heterocycles. The molecule has 1 heterocycles. The lowest BCUT2D eigenvalue weighted by molar-refractivity contribution is -0.144. The van der Waals surface area contributed by atoms with Crippen LogP contribution >= 0.6 is 23.4 Å². The predicted octanol–water partition coefficient (Wildman–Crippen LogP) is 4.48. The van der Waals surface area contributed by atoms with E-state index in [9.17, 15) is 27.2 Å². The number of allylic oxidation sites excluding steroid dienone is 1. The van der Waals surface area contributed by atoms with Crippen LogP contribution in [0.25, 0.3) is 0 Å². The van der Waals surface area contributed by atoms with Crippen LogP contribution in [-0.4, -0.2) is 49.9 Å². The molecule has 35 heavy (non-hydrogen) atoms. The zero-order valence-corrected chi connectivity index (χ0v) is 20.6. The van der Waals surface area contributed by atoms with Gasteiger partial charge in [-0.15, -0.1) is 0 Å². The molecule has 1 aromatic rings. The Bertz CT molecular complexity index is 1040. The Morgan fingerprint density at radius 2 is 1.83 bits per heavy atom. The molecule has 2 rings (SSSR count). The van der Waals surface area contributed by atoms with E-state index in [1.54, 1.807) is 0 Å². The lowest BCUT2D eigenvalue weighted by atomic mass is 9.78.